The van der Waals surface area contributed by atoms with Gasteiger partial charge >= 0.3 is 5.69 Å². The summed E-state index contributed by atoms with van der Waals surface area (Å²) in [5.74, 6) is -2.69. The molecule has 0 radical (unpaired) electrons. The summed E-state index contributed by atoms with van der Waals surface area (Å²) in [5.41, 5.74) is -0.0643. The molecule has 1 unspecified atom stereocenters. The number of anilines is 2. The van der Waals surface area contributed by atoms with Crippen LogP contribution < -0.4 is 15.5 Å². The minimum Gasteiger partial charge on any atom is -0.355 e. The fourth-order valence-corrected chi connectivity index (χ4v) is 3.68. The van der Waals surface area contributed by atoms with E-state index < -0.39 is 17.5 Å². The van der Waals surface area contributed by atoms with E-state index in [0.29, 0.717) is 18.4 Å². The SMILES string of the molecule is CN(Cc1cc(F)c(F)c(F)c1)c1cc2n(c(=O)n1)CC1CCCN21. The van der Waals surface area contributed by atoms with Gasteiger partial charge in [-0.1, -0.05) is 0 Å². The number of hydrogen-bond acceptors (Lipinski definition) is 4. The highest BCUT2D eigenvalue weighted by atomic mass is 19.2. The highest BCUT2D eigenvalue weighted by molar-refractivity contribution is 5.54. The van der Waals surface area contributed by atoms with Crippen molar-refractivity contribution < 1.29 is 13.2 Å². The van der Waals surface area contributed by atoms with Gasteiger partial charge in [0, 0.05) is 38.8 Å². The molecule has 0 aliphatic carbocycles. The van der Waals surface area contributed by atoms with Gasteiger partial charge in [-0.05, 0) is 30.5 Å². The Hall–Kier alpha value is -2.51. The minimum absolute atomic E-state index is 0.105. The molecule has 25 heavy (non-hydrogen) atoms. The zero-order valence-corrected chi connectivity index (χ0v) is 13.7. The van der Waals surface area contributed by atoms with E-state index in [1.54, 1.807) is 16.5 Å². The summed E-state index contributed by atoms with van der Waals surface area (Å²) in [4.78, 5) is 20.2. The van der Waals surface area contributed by atoms with Gasteiger partial charge in [0.2, 0.25) is 0 Å². The first kappa shape index (κ1) is 16.0. The molecular formula is C17H17F3N4O. The van der Waals surface area contributed by atoms with Crippen molar-refractivity contribution in [2.75, 3.05) is 23.4 Å². The molecule has 8 heteroatoms. The second kappa shape index (κ2) is 5.79. The van der Waals surface area contributed by atoms with E-state index in [2.05, 4.69) is 9.88 Å². The maximum Gasteiger partial charge on any atom is 0.351 e. The third kappa shape index (κ3) is 2.65. The average Bonchev–Trinajstić information content (AvgIpc) is 3.14. The lowest BCUT2D eigenvalue weighted by Crippen LogP contribution is -2.27. The molecule has 3 heterocycles. The molecule has 132 valence electrons. The lowest BCUT2D eigenvalue weighted by Gasteiger charge is -2.21. The first-order valence-corrected chi connectivity index (χ1v) is 8.17. The number of aromatic nitrogens is 2. The Bertz CT molecular complexity index is 875. The largest absolute Gasteiger partial charge is 0.355 e. The molecule has 2 aliphatic rings. The molecule has 0 bridgehead atoms. The fraction of sp³-hybridized carbons (Fsp3) is 0.412. The highest BCUT2D eigenvalue weighted by Crippen LogP contribution is 2.33. The number of rotatable bonds is 3. The standard InChI is InChI=1S/C17H17F3N4O/c1-22(8-10-5-12(18)16(20)13(19)6-10)14-7-15-23-4-2-3-11(23)9-24(15)17(25)21-14/h5-7,11H,2-4,8-9H2,1H3. The Labute approximate surface area is 142 Å². The van der Waals surface area contributed by atoms with Gasteiger partial charge in [0.05, 0.1) is 0 Å². The van der Waals surface area contributed by atoms with E-state index in [0.717, 1.165) is 37.3 Å². The second-order valence-corrected chi connectivity index (χ2v) is 6.58. The number of fused-ring (bicyclic) bond motifs is 3. The van der Waals surface area contributed by atoms with Crippen molar-refractivity contribution in [3.63, 3.8) is 0 Å². The van der Waals surface area contributed by atoms with Crippen molar-refractivity contribution in [3.8, 4) is 0 Å². The van der Waals surface area contributed by atoms with Crippen LogP contribution in [0.15, 0.2) is 23.0 Å². The summed E-state index contributed by atoms with van der Waals surface area (Å²) in [6, 6.07) is 4.07. The summed E-state index contributed by atoms with van der Waals surface area (Å²) in [6.07, 6.45) is 2.15. The lowest BCUT2D eigenvalue weighted by molar-refractivity contribution is 0.445. The quantitative estimate of drug-likeness (QED) is 0.797. The minimum atomic E-state index is -1.49. The Kier molecular flexibility index (Phi) is 3.70. The molecule has 1 aromatic carbocycles. The Morgan fingerprint density at radius 2 is 1.96 bits per heavy atom. The lowest BCUT2D eigenvalue weighted by atomic mass is 10.2. The van der Waals surface area contributed by atoms with Crippen molar-refractivity contribution in [3.05, 3.63) is 51.7 Å². The zero-order valence-electron chi connectivity index (χ0n) is 13.7. The molecule has 5 nitrogen and oxygen atoms in total. The summed E-state index contributed by atoms with van der Waals surface area (Å²) in [7, 11) is 1.68. The van der Waals surface area contributed by atoms with E-state index >= 15 is 0 Å². The molecular weight excluding hydrogens is 333 g/mol. The second-order valence-electron chi connectivity index (χ2n) is 6.58. The van der Waals surface area contributed by atoms with Crippen molar-refractivity contribution in [2.45, 2.75) is 32.0 Å². The van der Waals surface area contributed by atoms with E-state index in [4.69, 9.17) is 0 Å². The van der Waals surface area contributed by atoms with Gasteiger partial charge in [0.25, 0.3) is 0 Å². The van der Waals surface area contributed by atoms with Crippen molar-refractivity contribution in [2.24, 2.45) is 0 Å². The number of nitrogens with zero attached hydrogens (tertiary/aromatic N) is 4. The predicted molar refractivity (Wildman–Crippen MR) is 87.3 cm³/mol. The van der Waals surface area contributed by atoms with Gasteiger partial charge in [-0.3, -0.25) is 4.57 Å². The Morgan fingerprint density at radius 1 is 1.24 bits per heavy atom. The molecule has 1 atom stereocenters. The molecule has 4 rings (SSSR count). The smallest absolute Gasteiger partial charge is 0.351 e. The first-order chi connectivity index (χ1) is 11.9. The number of halogens is 3. The van der Waals surface area contributed by atoms with Crippen LogP contribution in [0.5, 0.6) is 0 Å². The van der Waals surface area contributed by atoms with Crippen molar-refractivity contribution in [1.29, 1.82) is 0 Å². The number of hydrogen-bond donors (Lipinski definition) is 0. The predicted octanol–water partition coefficient (Wildman–Crippen LogP) is 2.28. The van der Waals surface area contributed by atoms with Gasteiger partial charge in [0.15, 0.2) is 17.5 Å². The van der Waals surface area contributed by atoms with Crippen LogP contribution in [-0.4, -0.2) is 29.2 Å². The van der Waals surface area contributed by atoms with Gasteiger partial charge in [-0.25, -0.2) is 18.0 Å². The maximum absolute atomic E-state index is 13.4. The summed E-state index contributed by atoms with van der Waals surface area (Å²) < 4.78 is 41.5. The molecule has 0 saturated carbocycles. The van der Waals surface area contributed by atoms with E-state index in [-0.39, 0.29) is 17.8 Å². The van der Waals surface area contributed by atoms with Crippen LogP contribution in [0.25, 0.3) is 0 Å². The van der Waals surface area contributed by atoms with Crippen LogP contribution in [0, 0.1) is 17.5 Å². The zero-order chi connectivity index (χ0) is 17.7. The van der Waals surface area contributed by atoms with Crippen LogP contribution in [0.4, 0.5) is 24.8 Å². The molecule has 0 spiro atoms. The van der Waals surface area contributed by atoms with E-state index in [1.807, 2.05) is 6.07 Å². The van der Waals surface area contributed by atoms with Gasteiger partial charge in [0.1, 0.15) is 11.6 Å². The summed E-state index contributed by atoms with van der Waals surface area (Å²) in [5, 5.41) is 0. The normalized spacial score (nSPS) is 18.4. The monoisotopic (exact) mass is 350 g/mol. The van der Waals surface area contributed by atoms with Crippen LogP contribution in [0.1, 0.15) is 18.4 Å². The molecule has 1 aromatic heterocycles. The average molecular weight is 350 g/mol. The molecule has 0 N–H and O–H groups in total. The van der Waals surface area contributed by atoms with Gasteiger partial charge in [-0.2, -0.15) is 4.98 Å². The molecule has 0 amide bonds. The maximum atomic E-state index is 13.4. The Morgan fingerprint density at radius 3 is 2.68 bits per heavy atom. The van der Waals surface area contributed by atoms with Crippen LogP contribution >= 0.6 is 0 Å². The number of benzene rings is 1. The molecule has 2 aliphatic heterocycles. The van der Waals surface area contributed by atoms with Crippen molar-refractivity contribution in [1.82, 2.24) is 9.55 Å². The fourth-order valence-electron chi connectivity index (χ4n) is 3.68. The summed E-state index contributed by atoms with van der Waals surface area (Å²) in [6.45, 7) is 1.67. The Balaban J connectivity index is 1.63. The molecule has 2 aromatic rings. The van der Waals surface area contributed by atoms with E-state index in [1.165, 1.54) is 0 Å². The topological polar surface area (TPSA) is 41.4 Å². The van der Waals surface area contributed by atoms with Gasteiger partial charge in [-0.15, -0.1) is 0 Å². The molecule has 1 fully saturated rings. The third-order valence-corrected chi connectivity index (χ3v) is 4.90. The van der Waals surface area contributed by atoms with Gasteiger partial charge < -0.3 is 9.80 Å². The third-order valence-electron chi connectivity index (χ3n) is 4.90. The highest BCUT2D eigenvalue weighted by Gasteiger charge is 2.34. The van der Waals surface area contributed by atoms with Crippen LogP contribution in [-0.2, 0) is 13.1 Å². The first-order valence-electron chi connectivity index (χ1n) is 8.17. The van der Waals surface area contributed by atoms with E-state index in [9.17, 15) is 18.0 Å². The van der Waals surface area contributed by atoms with Crippen molar-refractivity contribution >= 4 is 11.6 Å². The van der Waals surface area contributed by atoms with Crippen LogP contribution in [0.2, 0.25) is 0 Å². The summed E-state index contributed by atoms with van der Waals surface area (Å²) >= 11 is 0. The molecule has 1 saturated heterocycles. The van der Waals surface area contributed by atoms with Crippen LogP contribution in [0.3, 0.4) is 0 Å².